The van der Waals surface area contributed by atoms with Crippen molar-refractivity contribution in [3.63, 3.8) is 0 Å². The second-order valence-corrected chi connectivity index (χ2v) is 3.93. The molecule has 5 heteroatoms. The number of aromatic nitrogens is 2. The highest BCUT2D eigenvalue weighted by molar-refractivity contribution is 5.86. The van der Waals surface area contributed by atoms with Crippen LogP contribution in [0.15, 0.2) is 30.6 Å². The van der Waals surface area contributed by atoms with Crippen LogP contribution in [0.1, 0.15) is 21.5 Å². The minimum atomic E-state index is -1.06. The van der Waals surface area contributed by atoms with E-state index in [9.17, 15) is 4.79 Å². The first-order valence-electron chi connectivity index (χ1n) is 5.36. The van der Waals surface area contributed by atoms with E-state index in [4.69, 9.17) is 9.84 Å². The Morgan fingerprint density at radius 2 is 1.89 bits per heavy atom. The zero-order chi connectivity index (χ0) is 13.1. The summed E-state index contributed by atoms with van der Waals surface area (Å²) in [4.78, 5) is 18.3. The van der Waals surface area contributed by atoms with Crippen molar-refractivity contribution in [2.24, 2.45) is 0 Å². The highest BCUT2D eigenvalue weighted by Gasteiger charge is 2.07. The monoisotopic (exact) mass is 244 g/mol. The number of ether oxygens (including phenoxy) is 1. The predicted molar refractivity (Wildman–Crippen MR) is 65.0 cm³/mol. The van der Waals surface area contributed by atoms with Gasteiger partial charge in [0.25, 0.3) is 0 Å². The largest absolute Gasteiger partial charge is 0.478 e. The normalized spacial score (nSPS) is 10.1. The summed E-state index contributed by atoms with van der Waals surface area (Å²) in [5.74, 6) is -0.406. The van der Waals surface area contributed by atoms with Crippen molar-refractivity contribution in [3.8, 4) is 11.8 Å². The number of carbonyl (C=O) groups is 1. The van der Waals surface area contributed by atoms with E-state index < -0.39 is 5.97 Å². The van der Waals surface area contributed by atoms with Gasteiger partial charge < -0.3 is 9.84 Å². The Morgan fingerprint density at radius 3 is 2.44 bits per heavy atom. The zero-order valence-electron chi connectivity index (χ0n) is 10.0. The van der Waals surface area contributed by atoms with Gasteiger partial charge in [0.2, 0.25) is 0 Å². The van der Waals surface area contributed by atoms with Crippen LogP contribution in [0.4, 0.5) is 0 Å². The van der Waals surface area contributed by atoms with Gasteiger partial charge in [0, 0.05) is 12.4 Å². The van der Waals surface area contributed by atoms with Crippen LogP contribution in [-0.2, 0) is 0 Å². The molecule has 0 aliphatic rings. The minimum absolute atomic E-state index is 0.0305. The number of hydrogen-bond acceptors (Lipinski definition) is 4. The third-order valence-corrected chi connectivity index (χ3v) is 2.41. The van der Waals surface area contributed by atoms with Gasteiger partial charge in [-0.25, -0.2) is 14.8 Å². The Balaban J connectivity index is 2.21. The van der Waals surface area contributed by atoms with Gasteiger partial charge in [-0.2, -0.15) is 0 Å². The van der Waals surface area contributed by atoms with Crippen molar-refractivity contribution in [2.45, 2.75) is 13.8 Å². The maximum atomic E-state index is 10.6. The van der Waals surface area contributed by atoms with Crippen LogP contribution < -0.4 is 4.74 Å². The summed E-state index contributed by atoms with van der Waals surface area (Å²) in [5.41, 5.74) is 2.14. The molecule has 0 aliphatic carbocycles. The van der Waals surface area contributed by atoms with Crippen LogP contribution >= 0.6 is 0 Å². The lowest BCUT2D eigenvalue weighted by atomic mass is 10.1. The SMILES string of the molecule is Cc1ccc(Oc2ncc(C(=O)O)cn2)c(C)c1. The summed E-state index contributed by atoms with van der Waals surface area (Å²) in [6.07, 6.45) is 2.43. The molecule has 0 radical (unpaired) electrons. The van der Waals surface area contributed by atoms with Crippen LogP contribution in [0.2, 0.25) is 0 Å². The zero-order valence-corrected chi connectivity index (χ0v) is 10.0. The fourth-order valence-corrected chi connectivity index (χ4v) is 1.49. The van der Waals surface area contributed by atoms with Crippen LogP contribution in [0.5, 0.6) is 11.8 Å². The fourth-order valence-electron chi connectivity index (χ4n) is 1.49. The molecule has 2 rings (SSSR count). The molecule has 1 aromatic heterocycles. The number of aromatic carboxylic acids is 1. The molecule has 0 atom stereocenters. The molecule has 0 bridgehead atoms. The quantitative estimate of drug-likeness (QED) is 0.898. The van der Waals surface area contributed by atoms with Gasteiger partial charge in [0.1, 0.15) is 5.75 Å². The molecule has 0 fully saturated rings. The second-order valence-electron chi connectivity index (χ2n) is 3.93. The number of nitrogens with zero attached hydrogens (tertiary/aromatic N) is 2. The van der Waals surface area contributed by atoms with Gasteiger partial charge >= 0.3 is 12.0 Å². The summed E-state index contributed by atoms with van der Waals surface area (Å²) >= 11 is 0. The third kappa shape index (κ3) is 2.63. The Morgan fingerprint density at radius 1 is 1.22 bits per heavy atom. The number of carboxylic acids is 1. The average Bonchev–Trinajstić information content (AvgIpc) is 2.33. The summed E-state index contributed by atoms with van der Waals surface area (Å²) in [6, 6.07) is 5.88. The Hall–Kier alpha value is -2.43. The molecule has 0 unspecified atom stereocenters. The summed E-state index contributed by atoms with van der Waals surface area (Å²) in [5, 5.41) is 8.72. The number of aryl methyl sites for hydroxylation is 2. The van der Waals surface area contributed by atoms with E-state index in [0.29, 0.717) is 5.75 Å². The first-order chi connectivity index (χ1) is 8.56. The predicted octanol–water partition coefficient (Wildman–Crippen LogP) is 2.58. The minimum Gasteiger partial charge on any atom is -0.478 e. The number of hydrogen-bond donors (Lipinski definition) is 1. The maximum absolute atomic E-state index is 10.6. The smallest absolute Gasteiger partial charge is 0.338 e. The van der Waals surface area contributed by atoms with E-state index >= 15 is 0 Å². The Labute approximate surface area is 104 Å². The first-order valence-corrected chi connectivity index (χ1v) is 5.36. The lowest BCUT2D eigenvalue weighted by molar-refractivity contribution is 0.0696. The molecule has 92 valence electrons. The lowest BCUT2D eigenvalue weighted by Crippen LogP contribution is -2.00. The molecular weight excluding hydrogens is 232 g/mol. The molecule has 0 saturated heterocycles. The number of benzene rings is 1. The van der Waals surface area contributed by atoms with Crippen LogP contribution in [-0.4, -0.2) is 21.0 Å². The summed E-state index contributed by atoms with van der Waals surface area (Å²) in [7, 11) is 0. The molecule has 1 aromatic carbocycles. The van der Waals surface area contributed by atoms with Crippen molar-refractivity contribution in [1.82, 2.24) is 9.97 Å². The van der Waals surface area contributed by atoms with Crippen molar-refractivity contribution in [3.05, 3.63) is 47.3 Å². The van der Waals surface area contributed by atoms with Crippen molar-refractivity contribution >= 4 is 5.97 Å². The van der Waals surface area contributed by atoms with Gasteiger partial charge in [-0.1, -0.05) is 17.7 Å². The van der Waals surface area contributed by atoms with E-state index in [1.54, 1.807) is 0 Å². The van der Waals surface area contributed by atoms with Gasteiger partial charge in [-0.15, -0.1) is 0 Å². The second kappa shape index (κ2) is 4.83. The van der Waals surface area contributed by atoms with Gasteiger partial charge in [0.05, 0.1) is 5.56 Å². The van der Waals surface area contributed by atoms with E-state index in [1.165, 1.54) is 12.4 Å². The standard InChI is InChI=1S/C13H12N2O3/c1-8-3-4-11(9(2)5-8)18-13-14-6-10(7-15-13)12(16)17/h3-7H,1-2H3,(H,16,17). The molecule has 0 aliphatic heterocycles. The highest BCUT2D eigenvalue weighted by atomic mass is 16.5. The molecule has 1 N–H and O–H groups in total. The third-order valence-electron chi connectivity index (χ3n) is 2.41. The van der Waals surface area contributed by atoms with Crippen molar-refractivity contribution in [2.75, 3.05) is 0 Å². The molecule has 5 nitrogen and oxygen atoms in total. The van der Waals surface area contributed by atoms with E-state index in [-0.39, 0.29) is 11.6 Å². The maximum Gasteiger partial charge on any atom is 0.338 e. The van der Waals surface area contributed by atoms with Crippen LogP contribution in [0, 0.1) is 13.8 Å². The summed E-state index contributed by atoms with van der Waals surface area (Å²) < 4.78 is 5.48. The molecule has 0 spiro atoms. The highest BCUT2D eigenvalue weighted by Crippen LogP contribution is 2.22. The molecular formula is C13H12N2O3. The molecule has 1 heterocycles. The van der Waals surface area contributed by atoms with Crippen molar-refractivity contribution < 1.29 is 14.6 Å². The van der Waals surface area contributed by atoms with E-state index in [2.05, 4.69) is 9.97 Å². The fraction of sp³-hybridized carbons (Fsp3) is 0.154. The van der Waals surface area contributed by atoms with E-state index in [0.717, 1.165) is 11.1 Å². The Bertz CT molecular complexity index is 579. The topological polar surface area (TPSA) is 72.3 Å². The van der Waals surface area contributed by atoms with Crippen LogP contribution in [0.3, 0.4) is 0 Å². The van der Waals surface area contributed by atoms with Gasteiger partial charge in [-0.3, -0.25) is 0 Å². The molecule has 0 saturated carbocycles. The average molecular weight is 244 g/mol. The van der Waals surface area contributed by atoms with Crippen molar-refractivity contribution in [1.29, 1.82) is 0 Å². The molecule has 18 heavy (non-hydrogen) atoms. The van der Waals surface area contributed by atoms with E-state index in [1.807, 2.05) is 32.0 Å². The summed E-state index contributed by atoms with van der Waals surface area (Å²) in [6.45, 7) is 3.92. The number of rotatable bonds is 3. The first kappa shape index (κ1) is 12.0. The van der Waals surface area contributed by atoms with Gasteiger partial charge in [0.15, 0.2) is 0 Å². The van der Waals surface area contributed by atoms with Gasteiger partial charge in [-0.05, 0) is 25.5 Å². The Kier molecular flexibility index (Phi) is 3.23. The molecule has 0 amide bonds. The molecule has 2 aromatic rings. The van der Waals surface area contributed by atoms with Crippen LogP contribution in [0.25, 0.3) is 0 Å². The lowest BCUT2D eigenvalue weighted by Gasteiger charge is -2.07. The number of carboxylic acid groups (broad SMARTS) is 1.